The highest BCUT2D eigenvalue weighted by Crippen LogP contribution is 2.50. The Labute approximate surface area is 273 Å². The SMILES string of the molecule is CC(=O)NCCc1ccccc1-c1onc([C@H]2CN(C(=O)OC(C)(C)C)CC[C@]2(OCn2ccnn2)c2ccc(F)c(F)c2)c1Br. The summed E-state index contributed by atoms with van der Waals surface area (Å²) in [4.78, 5) is 26.4. The highest BCUT2D eigenvalue weighted by molar-refractivity contribution is 9.10. The van der Waals surface area contributed by atoms with Crippen LogP contribution in [0.15, 0.2) is 63.9 Å². The van der Waals surface area contributed by atoms with Crippen LogP contribution in [0.25, 0.3) is 11.3 Å². The molecule has 2 aromatic heterocycles. The number of aromatic nitrogens is 4. The van der Waals surface area contributed by atoms with Gasteiger partial charge < -0.3 is 24.2 Å². The zero-order valence-corrected chi connectivity index (χ0v) is 27.5. The lowest BCUT2D eigenvalue weighted by molar-refractivity contribution is -0.136. The normalized spacial score (nSPS) is 18.4. The third-order valence-electron chi connectivity index (χ3n) is 7.73. The summed E-state index contributed by atoms with van der Waals surface area (Å²) in [7, 11) is 0. The van der Waals surface area contributed by atoms with E-state index in [9.17, 15) is 18.4 Å². The second kappa shape index (κ2) is 13.7. The fraction of sp³-hybridized carbons (Fsp3) is 0.406. The van der Waals surface area contributed by atoms with Gasteiger partial charge in [0.25, 0.3) is 0 Å². The average molecular weight is 702 g/mol. The molecule has 4 aromatic rings. The molecule has 3 heterocycles. The van der Waals surface area contributed by atoms with Crippen LogP contribution in [0.3, 0.4) is 0 Å². The first kappa shape index (κ1) is 33.2. The number of benzene rings is 2. The molecular formula is C32H35BrF2N6O5. The van der Waals surface area contributed by atoms with E-state index in [-0.39, 0.29) is 32.1 Å². The summed E-state index contributed by atoms with van der Waals surface area (Å²) in [5, 5.41) is 15.1. The largest absolute Gasteiger partial charge is 0.444 e. The number of carbonyl (C=O) groups is 2. The van der Waals surface area contributed by atoms with Gasteiger partial charge in [-0.05, 0) is 72.8 Å². The van der Waals surface area contributed by atoms with E-state index in [0.717, 1.165) is 23.3 Å². The molecule has 0 radical (unpaired) electrons. The Balaban J connectivity index is 1.61. The summed E-state index contributed by atoms with van der Waals surface area (Å²) in [5.74, 6) is -2.49. The maximum absolute atomic E-state index is 14.8. The van der Waals surface area contributed by atoms with E-state index in [1.54, 1.807) is 31.9 Å². The standard InChI is InChI=1S/C32H35BrF2N6O5/c1-20(42)36-13-11-21-7-5-6-8-23(21)29-27(33)28(38-46-29)24-18-40(30(43)45-31(2,3)4)15-12-32(24,44-19-41-16-14-37-39-41)22-9-10-25(34)26(35)17-22/h5-10,14,16-17,24H,11-13,15,18-19H2,1-4H3,(H,36,42)/t24-,32+/m1/s1. The molecule has 1 fully saturated rings. The Bertz CT molecular complexity index is 1690. The first-order valence-electron chi connectivity index (χ1n) is 14.8. The Hall–Kier alpha value is -4.17. The summed E-state index contributed by atoms with van der Waals surface area (Å²) >= 11 is 3.72. The van der Waals surface area contributed by atoms with Crippen molar-refractivity contribution in [1.29, 1.82) is 0 Å². The summed E-state index contributed by atoms with van der Waals surface area (Å²) in [6, 6.07) is 11.2. The van der Waals surface area contributed by atoms with Crippen LogP contribution in [0.4, 0.5) is 13.6 Å². The molecule has 1 saturated heterocycles. The van der Waals surface area contributed by atoms with Crippen molar-refractivity contribution in [3.8, 4) is 11.3 Å². The van der Waals surface area contributed by atoms with E-state index >= 15 is 0 Å². The van der Waals surface area contributed by atoms with Gasteiger partial charge >= 0.3 is 6.09 Å². The Morgan fingerprint density at radius 3 is 2.65 bits per heavy atom. The number of hydrogen-bond acceptors (Lipinski definition) is 8. The number of nitrogens with one attached hydrogen (secondary N) is 1. The molecule has 0 unspecified atom stereocenters. The molecule has 46 heavy (non-hydrogen) atoms. The molecule has 5 rings (SSSR count). The predicted molar refractivity (Wildman–Crippen MR) is 166 cm³/mol. The van der Waals surface area contributed by atoms with Gasteiger partial charge in [-0.2, -0.15) is 0 Å². The van der Waals surface area contributed by atoms with E-state index in [0.29, 0.717) is 34.5 Å². The van der Waals surface area contributed by atoms with Crippen molar-refractivity contribution in [3.63, 3.8) is 0 Å². The highest BCUT2D eigenvalue weighted by atomic mass is 79.9. The molecular weight excluding hydrogens is 666 g/mol. The Morgan fingerprint density at radius 1 is 1.17 bits per heavy atom. The minimum atomic E-state index is -1.32. The molecule has 1 aliphatic heterocycles. The zero-order valence-electron chi connectivity index (χ0n) is 25.9. The summed E-state index contributed by atoms with van der Waals surface area (Å²) in [6.07, 6.45) is 3.30. The van der Waals surface area contributed by atoms with Crippen LogP contribution in [-0.4, -0.2) is 62.3 Å². The van der Waals surface area contributed by atoms with Crippen molar-refractivity contribution in [3.05, 3.63) is 87.8 Å². The van der Waals surface area contributed by atoms with Gasteiger partial charge in [0.05, 0.1) is 16.6 Å². The van der Waals surface area contributed by atoms with Crippen LogP contribution in [-0.2, 0) is 33.0 Å². The van der Waals surface area contributed by atoms with Crippen LogP contribution in [0, 0.1) is 11.6 Å². The maximum Gasteiger partial charge on any atom is 0.410 e. The lowest BCUT2D eigenvalue weighted by Crippen LogP contribution is -2.53. The minimum Gasteiger partial charge on any atom is -0.444 e. The molecule has 11 nitrogen and oxygen atoms in total. The lowest BCUT2D eigenvalue weighted by Gasteiger charge is -2.47. The van der Waals surface area contributed by atoms with E-state index in [1.165, 1.54) is 23.9 Å². The monoisotopic (exact) mass is 700 g/mol. The smallest absolute Gasteiger partial charge is 0.410 e. The van der Waals surface area contributed by atoms with Crippen molar-refractivity contribution >= 4 is 27.9 Å². The molecule has 2 aromatic carbocycles. The lowest BCUT2D eigenvalue weighted by atomic mass is 9.74. The summed E-state index contributed by atoms with van der Waals surface area (Å²) < 4.78 is 49.3. The van der Waals surface area contributed by atoms with Crippen LogP contribution in [0.1, 0.15) is 56.9 Å². The molecule has 1 aliphatic rings. The van der Waals surface area contributed by atoms with E-state index in [1.807, 2.05) is 24.3 Å². The van der Waals surface area contributed by atoms with Gasteiger partial charge in [0.15, 0.2) is 17.4 Å². The summed E-state index contributed by atoms with van der Waals surface area (Å²) in [6.45, 7) is 7.40. The predicted octanol–water partition coefficient (Wildman–Crippen LogP) is 5.95. The third kappa shape index (κ3) is 7.28. The van der Waals surface area contributed by atoms with Crippen molar-refractivity contribution < 1.29 is 32.4 Å². The van der Waals surface area contributed by atoms with E-state index in [4.69, 9.17) is 14.0 Å². The fourth-order valence-corrected chi connectivity index (χ4v) is 6.22. The minimum absolute atomic E-state index is 0.0556. The van der Waals surface area contributed by atoms with Crippen LogP contribution < -0.4 is 5.32 Å². The maximum atomic E-state index is 14.8. The quantitative estimate of drug-likeness (QED) is 0.227. The third-order valence-corrected chi connectivity index (χ3v) is 8.49. The summed E-state index contributed by atoms with van der Waals surface area (Å²) in [5.41, 5.74) is 0.359. The first-order valence-corrected chi connectivity index (χ1v) is 15.6. The van der Waals surface area contributed by atoms with Gasteiger partial charge in [0, 0.05) is 38.3 Å². The number of piperidine rings is 1. The van der Waals surface area contributed by atoms with Crippen LogP contribution >= 0.6 is 15.9 Å². The average Bonchev–Trinajstić information content (AvgIpc) is 3.66. The van der Waals surface area contributed by atoms with Crippen LogP contribution in [0.5, 0.6) is 0 Å². The van der Waals surface area contributed by atoms with E-state index in [2.05, 4.69) is 36.7 Å². The van der Waals surface area contributed by atoms with Crippen LogP contribution in [0.2, 0.25) is 0 Å². The highest BCUT2D eigenvalue weighted by Gasteiger charge is 2.50. The number of rotatable bonds is 9. The van der Waals surface area contributed by atoms with Gasteiger partial charge in [-0.15, -0.1) is 5.10 Å². The van der Waals surface area contributed by atoms with Gasteiger partial charge in [-0.1, -0.05) is 40.7 Å². The number of amides is 2. The van der Waals surface area contributed by atoms with Gasteiger partial charge in [0.2, 0.25) is 5.91 Å². The van der Waals surface area contributed by atoms with Crippen molar-refractivity contribution in [2.24, 2.45) is 0 Å². The number of carbonyl (C=O) groups excluding carboxylic acids is 2. The topological polar surface area (TPSA) is 125 Å². The van der Waals surface area contributed by atoms with E-state index < -0.39 is 34.8 Å². The van der Waals surface area contributed by atoms with Gasteiger partial charge in [-0.25, -0.2) is 18.3 Å². The molecule has 0 bridgehead atoms. The number of likely N-dealkylation sites (tertiary alicyclic amines) is 1. The van der Waals surface area contributed by atoms with Crippen molar-refractivity contribution in [2.75, 3.05) is 19.6 Å². The number of nitrogens with zero attached hydrogens (tertiary/aromatic N) is 5. The number of ether oxygens (including phenoxy) is 2. The molecule has 14 heteroatoms. The second-order valence-corrected chi connectivity index (χ2v) is 12.9. The molecule has 0 spiro atoms. The molecule has 0 aliphatic carbocycles. The number of hydrogen-bond donors (Lipinski definition) is 1. The molecule has 1 N–H and O–H groups in total. The Morgan fingerprint density at radius 2 is 1.96 bits per heavy atom. The molecule has 2 atom stereocenters. The number of halogens is 3. The first-order chi connectivity index (χ1) is 21.9. The zero-order chi connectivity index (χ0) is 33.1. The van der Waals surface area contributed by atoms with Gasteiger partial charge in [-0.3, -0.25) is 4.79 Å². The molecule has 244 valence electrons. The Kier molecular flexibility index (Phi) is 9.87. The van der Waals surface area contributed by atoms with Crippen molar-refractivity contribution in [2.45, 2.75) is 64.4 Å². The molecule has 2 amide bonds. The van der Waals surface area contributed by atoms with Crippen molar-refractivity contribution in [1.82, 2.24) is 30.4 Å². The second-order valence-electron chi connectivity index (χ2n) is 12.1. The fourth-order valence-electron chi connectivity index (χ4n) is 5.59. The van der Waals surface area contributed by atoms with Gasteiger partial charge in [0.1, 0.15) is 23.6 Å². The molecule has 0 saturated carbocycles.